The van der Waals surface area contributed by atoms with Gasteiger partial charge in [0.2, 0.25) is 5.91 Å². The molecule has 1 atom stereocenters. The Balaban J connectivity index is 1.79. The molecule has 2 aromatic rings. The van der Waals surface area contributed by atoms with Crippen molar-refractivity contribution in [2.45, 2.75) is 18.1 Å². The molecule has 2 rings (SSSR count). The highest BCUT2D eigenvalue weighted by atomic mass is 32.2. The summed E-state index contributed by atoms with van der Waals surface area (Å²) in [6.07, 6.45) is 4.89. The van der Waals surface area contributed by atoms with Gasteiger partial charge in [-0.1, -0.05) is 11.8 Å². The second kappa shape index (κ2) is 6.20. The fraction of sp³-hybridized carbons (Fsp3) is 0.250. The van der Waals surface area contributed by atoms with Crippen LogP contribution in [0.25, 0.3) is 0 Å². The molecule has 0 aromatic carbocycles. The third-order valence-corrected chi connectivity index (χ3v) is 3.10. The number of nitrogens with one attached hydrogen (secondary N) is 1. The number of carbonyl (C=O) groups is 1. The lowest BCUT2D eigenvalue weighted by Crippen LogP contribution is -2.27. The molecule has 0 fully saturated rings. The maximum Gasteiger partial charge on any atom is 0.231 e. The van der Waals surface area contributed by atoms with E-state index in [1.807, 2.05) is 13.0 Å². The molecule has 0 spiro atoms. The molecule has 0 aliphatic heterocycles. The van der Waals surface area contributed by atoms with Crippen molar-refractivity contribution in [3.8, 4) is 0 Å². The highest BCUT2D eigenvalue weighted by Gasteiger charge is 2.12. The minimum atomic E-state index is -0.134. The fourth-order valence-corrected chi connectivity index (χ4v) is 2.00. The van der Waals surface area contributed by atoms with Crippen LogP contribution in [0.5, 0.6) is 0 Å². The molecule has 1 amide bonds. The Labute approximate surface area is 109 Å². The lowest BCUT2D eigenvalue weighted by molar-refractivity contribution is -0.119. The summed E-state index contributed by atoms with van der Waals surface area (Å²) < 4.78 is 5.21. The quantitative estimate of drug-likeness (QED) is 0.660. The van der Waals surface area contributed by atoms with Crippen LogP contribution in [0.15, 0.2) is 46.4 Å². The van der Waals surface area contributed by atoms with Crippen LogP contribution in [0, 0.1) is 0 Å². The molecule has 5 nitrogen and oxygen atoms in total. The largest absolute Gasteiger partial charge is 0.467 e. The molecule has 2 heterocycles. The zero-order valence-electron chi connectivity index (χ0n) is 9.87. The molecule has 18 heavy (non-hydrogen) atoms. The van der Waals surface area contributed by atoms with Crippen LogP contribution in [0.1, 0.15) is 18.7 Å². The molecule has 0 unspecified atom stereocenters. The minimum absolute atomic E-state index is 0.0728. The summed E-state index contributed by atoms with van der Waals surface area (Å²) in [4.78, 5) is 19.8. The number of hydrogen-bond donors (Lipinski definition) is 1. The first-order valence-electron chi connectivity index (χ1n) is 5.48. The van der Waals surface area contributed by atoms with Crippen molar-refractivity contribution in [1.29, 1.82) is 0 Å². The number of furan rings is 1. The lowest BCUT2D eigenvalue weighted by atomic mass is 10.2. The second-order valence-corrected chi connectivity index (χ2v) is 4.57. The minimum Gasteiger partial charge on any atom is -0.467 e. The van der Waals surface area contributed by atoms with Gasteiger partial charge in [-0.25, -0.2) is 9.97 Å². The SMILES string of the molecule is C[C@H](NC(=O)CSc1ncccn1)c1ccco1. The van der Waals surface area contributed by atoms with Gasteiger partial charge in [-0.15, -0.1) is 0 Å². The molecular formula is C12H13N3O2S. The smallest absolute Gasteiger partial charge is 0.231 e. The predicted molar refractivity (Wildman–Crippen MR) is 68.0 cm³/mol. The summed E-state index contributed by atoms with van der Waals surface area (Å²) in [6, 6.07) is 5.23. The third-order valence-electron chi connectivity index (χ3n) is 2.22. The van der Waals surface area contributed by atoms with Crippen LogP contribution in [0.4, 0.5) is 0 Å². The zero-order valence-corrected chi connectivity index (χ0v) is 10.7. The summed E-state index contributed by atoms with van der Waals surface area (Å²) in [5.74, 6) is 0.954. The van der Waals surface area contributed by atoms with Crippen molar-refractivity contribution >= 4 is 17.7 Å². The van der Waals surface area contributed by atoms with Gasteiger partial charge in [0.1, 0.15) is 5.76 Å². The molecule has 0 saturated carbocycles. The zero-order chi connectivity index (χ0) is 12.8. The summed E-state index contributed by atoms with van der Waals surface area (Å²) in [7, 11) is 0. The van der Waals surface area contributed by atoms with Gasteiger partial charge in [0, 0.05) is 12.4 Å². The number of nitrogens with zero attached hydrogens (tertiary/aromatic N) is 2. The molecular weight excluding hydrogens is 250 g/mol. The van der Waals surface area contributed by atoms with Gasteiger partial charge in [0.25, 0.3) is 0 Å². The van der Waals surface area contributed by atoms with E-state index >= 15 is 0 Å². The highest BCUT2D eigenvalue weighted by Crippen LogP contribution is 2.14. The number of amides is 1. The van der Waals surface area contributed by atoms with E-state index in [0.29, 0.717) is 5.16 Å². The Morgan fingerprint density at radius 2 is 2.22 bits per heavy atom. The van der Waals surface area contributed by atoms with Crippen LogP contribution in [-0.4, -0.2) is 21.6 Å². The molecule has 1 N–H and O–H groups in total. The average molecular weight is 263 g/mol. The summed E-state index contributed by atoms with van der Waals surface area (Å²) >= 11 is 1.30. The van der Waals surface area contributed by atoms with E-state index < -0.39 is 0 Å². The summed E-state index contributed by atoms with van der Waals surface area (Å²) in [6.45, 7) is 1.88. The van der Waals surface area contributed by atoms with Gasteiger partial charge in [-0.05, 0) is 25.1 Å². The van der Waals surface area contributed by atoms with Gasteiger partial charge < -0.3 is 9.73 Å². The Morgan fingerprint density at radius 1 is 1.44 bits per heavy atom. The van der Waals surface area contributed by atoms with Crippen molar-refractivity contribution in [2.75, 3.05) is 5.75 Å². The van der Waals surface area contributed by atoms with Gasteiger partial charge >= 0.3 is 0 Å². The number of hydrogen-bond acceptors (Lipinski definition) is 5. The highest BCUT2D eigenvalue weighted by molar-refractivity contribution is 7.99. The Hall–Kier alpha value is -1.82. The molecule has 0 aliphatic rings. The standard InChI is InChI=1S/C12H13N3O2S/c1-9(10-4-2-7-17-10)15-11(16)8-18-12-13-5-3-6-14-12/h2-7,9H,8H2,1H3,(H,15,16)/t9-/m0/s1. The van der Waals surface area contributed by atoms with Crippen LogP contribution >= 0.6 is 11.8 Å². The number of thioether (sulfide) groups is 1. The number of carbonyl (C=O) groups excluding carboxylic acids is 1. The van der Waals surface area contributed by atoms with Crippen molar-refractivity contribution in [3.63, 3.8) is 0 Å². The Bertz CT molecular complexity index is 487. The lowest BCUT2D eigenvalue weighted by Gasteiger charge is -2.10. The van der Waals surface area contributed by atoms with Crippen molar-refractivity contribution < 1.29 is 9.21 Å². The molecule has 6 heteroatoms. The molecule has 0 radical (unpaired) electrons. The van der Waals surface area contributed by atoms with Gasteiger partial charge in [-0.2, -0.15) is 0 Å². The molecule has 0 saturated heterocycles. The fourth-order valence-electron chi connectivity index (χ4n) is 1.38. The molecule has 2 aromatic heterocycles. The predicted octanol–water partition coefficient (Wildman–Crippen LogP) is 2.04. The molecule has 0 aliphatic carbocycles. The first-order chi connectivity index (χ1) is 8.75. The van der Waals surface area contributed by atoms with Crippen LogP contribution in [0.3, 0.4) is 0 Å². The number of rotatable bonds is 5. The van der Waals surface area contributed by atoms with Gasteiger partial charge in [0.15, 0.2) is 5.16 Å². The Morgan fingerprint density at radius 3 is 2.89 bits per heavy atom. The van der Waals surface area contributed by atoms with E-state index in [1.54, 1.807) is 30.8 Å². The molecule has 94 valence electrons. The van der Waals surface area contributed by atoms with Crippen molar-refractivity contribution in [3.05, 3.63) is 42.6 Å². The number of aromatic nitrogens is 2. The maximum atomic E-state index is 11.7. The van der Waals surface area contributed by atoms with Crippen molar-refractivity contribution in [1.82, 2.24) is 15.3 Å². The molecule has 0 bridgehead atoms. The van der Waals surface area contributed by atoms with E-state index in [0.717, 1.165) is 5.76 Å². The normalized spacial score (nSPS) is 12.1. The summed E-state index contributed by atoms with van der Waals surface area (Å²) in [5.41, 5.74) is 0. The van der Waals surface area contributed by atoms with Crippen LogP contribution < -0.4 is 5.32 Å². The third kappa shape index (κ3) is 3.59. The maximum absolute atomic E-state index is 11.7. The first kappa shape index (κ1) is 12.6. The van der Waals surface area contributed by atoms with E-state index in [1.165, 1.54) is 11.8 Å². The van der Waals surface area contributed by atoms with Crippen LogP contribution in [0.2, 0.25) is 0 Å². The Kier molecular flexibility index (Phi) is 4.35. The van der Waals surface area contributed by atoms with Gasteiger partial charge in [0.05, 0.1) is 18.1 Å². The average Bonchev–Trinajstić information content (AvgIpc) is 2.91. The van der Waals surface area contributed by atoms with E-state index in [-0.39, 0.29) is 17.7 Å². The van der Waals surface area contributed by atoms with E-state index in [2.05, 4.69) is 15.3 Å². The van der Waals surface area contributed by atoms with Gasteiger partial charge in [-0.3, -0.25) is 4.79 Å². The second-order valence-electron chi connectivity index (χ2n) is 3.62. The summed E-state index contributed by atoms with van der Waals surface area (Å²) in [5, 5.41) is 3.44. The first-order valence-corrected chi connectivity index (χ1v) is 6.47. The van der Waals surface area contributed by atoms with Crippen molar-refractivity contribution in [2.24, 2.45) is 0 Å². The van der Waals surface area contributed by atoms with E-state index in [4.69, 9.17) is 4.42 Å². The topological polar surface area (TPSA) is 68.0 Å². The van der Waals surface area contributed by atoms with Crippen LogP contribution in [-0.2, 0) is 4.79 Å². The monoisotopic (exact) mass is 263 g/mol. The van der Waals surface area contributed by atoms with E-state index in [9.17, 15) is 4.79 Å².